The van der Waals surface area contributed by atoms with Gasteiger partial charge in [0, 0.05) is 18.6 Å². The summed E-state index contributed by atoms with van der Waals surface area (Å²) in [4.78, 5) is 26.8. The van der Waals surface area contributed by atoms with Crippen molar-refractivity contribution in [1.82, 2.24) is 10.2 Å². The van der Waals surface area contributed by atoms with Crippen LogP contribution in [-0.2, 0) is 16.0 Å². The number of rotatable bonds is 5. The first-order valence-electron chi connectivity index (χ1n) is 8.55. The molecule has 1 aliphatic heterocycles. The van der Waals surface area contributed by atoms with Crippen LogP contribution in [0, 0.1) is 5.92 Å². The summed E-state index contributed by atoms with van der Waals surface area (Å²) >= 11 is 0. The normalized spacial score (nSPS) is 18.6. The molecule has 2 amide bonds. The monoisotopic (exact) mass is 316 g/mol. The summed E-state index contributed by atoms with van der Waals surface area (Å²) in [5.74, 6) is 0.104. The maximum Gasteiger partial charge on any atom is 0.227 e. The van der Waals surface area contributed by atoms with E-state index in [1.54, 1.807) is 0 Å². The molecule has 1 heterocycles. The highest BCUT2D eigenvalue weighted by Crippen LogP contribution is 2.19. The van der Waals surface area contributed by atoms with Crippen molar-refractivity contribution < 1.29 is 9.59 Å². The highest BCUT2D eigenvalue weighted by atomic mass is 16.2. The third-order valence-electron chi connectivity index (χ3n) is 4.69. The first kappa shape index (κ1) is 17.5. The fourth-order valence-electron chi connectivity index (χ4n) is 2.82. The van der Waals surface area contributed by atoms with E-state index in [1.165, 1.54) is 0 Å². The Hall–Kier alpha value is -1.84. The number of carbonyl (C=O) groups is 2. The molecule has 4 heteroatoms. The number of hydrogen-bond donors (Lipinski definition) is 1. The van der Waals surface area contributed by atoms with Gasteiger partial charge in [0.2, 0.25) is 11.8 Å². The van der Waals surface area contributed by atoms with Crippen molar-refractivity contribution in [2.45, 2.75) is 52.0 Å². The minimum atomic E-state index is -0.187. The second-order valence-corrected chi connectivity index (χ2v) is 7.07. The minimum absolute atomic E-state index is 0.0778. The van der Waals surface area contributed by atoms with Crippen molar-refractivity contribution in [3.05, 3.63) is 35.9 Å². The molecule has 0 bridgehead atoms. The quantitative estimate of drug-likeness (QED) is 0.908. The fourth-order valence-corrected chi connectivity index (χ4v) is 2.82. The van der Waals surface area contributed by atoms with Gasteiger partial charge in [0.1, 0.15) is 0 Å². The van der Waals surface area contributed by atoms with Gasteiger partial charge >= 0.3 is 0 Å². The molecule has 1 aromatic carbocycles. The van der Waals surface area contributed by atoms with Crippen LogP contribution in [-0.4, -0.2) is 35.3 Å². The predicted molar refractivity (Wildman–Crippen MR) is 92.0 cm³/mol. The SMILES string of the molecule is CCC(C)(C)NC(=O)C1CCCN(C(=O)Cc2ccccc2)C1. The van der Waals surface area contributed by atoms with E-state index >= 15 is 0 Å². The molecule has 0 saturated carbocycles. The molecule has 1 aromatic rings. The minimum Gasteiger partial charge on any atom is -0.351 e. The van der Waals surface area contributed by atoms with E-state index in [-0.39, 0.29) is 23.3 Å². The summed E-state index contributed by atoms with van der Waals surface area (Å²) < 4.78 is 0. The molecule has 0 aliphatic carbocycles. The van der Waals surface area contributed by atoms with Crippen LogP contribution in [0.15, 0.2) is 30.3 Å². The second kappa shape index (κ2) is 7.62. The Bertz CT molecular complexity index is 540. The summed E-state index contributed by atoms with van der Waals surface area (Å²) in [6, 6.07) is 9.78. The lowest BCUT2D eigenvalue weighted by atomic mass is 9.94. The van der Waals surface area contributed by atoms with Crippen LogP contribution in [0.3, 0.4) is 0 Å². The molecule has 2 rings (SSSR count). The van der Waals surface area contributed by atoms with Gasteiger partial charge in [0.05, 0.1) is 12.3 Å². The second-order valence-electron chi connectivity index (χ2n) is 7.07. The van der Waals surface area contributed by atoms with Crippen molar-refractivity contribution in [1.29, 1.82) is 0 Å². The lowest BCUT2D eigenvalue weighted by molar-refractivity contribution is -0.135. The number of nitrogens with zero attached hydrogens (tertiary/aromatic N) is 1. The average molecular weight is 316 g/mol. The van der Waals surface area contributed by atoms with Crippen LogP contribution in [0.4, 0.5) is 0 Å². The van der Waals surface area contributed by atoms with Crippen LogP contribution in [0.5, 0.6) is 0 Å². The number of likely N-dealkylation sites (tertiary alicyclic amines) is 1. The first-order valence-corrected chi connectivity index (χ1v) is 8.55. The molecule has 1 unspecified atom stereocenters. The Morgan fingerprint density at radius 2 is 1.96 bits per heavy atom. The number of hydrogen-bond acceptors (Lipinski definition) is 2. The molecule has 0 radical (unpaired) electrons. The largest absolute Gasteiger partial charge is 0.351 e. The Kier molecular flexibility index (Phi) is 5.80. The topological polar surface area (TPSA) is 49.4 Å². The lowest BCUT2D eigenvalue weighted by Crippen LogP contribution is -2.50. The summed E-state index contributed by atoms with van der Waals surface area (Å²) in [7, 11) is 0. The van der Waals surface area contributed by atoms with Crippen molar-refractivity contribution in [2.24, 2.45) is 5.92 Å². The van der Waals surface area contributed by atoms with Gasteiger partial charge in [-0.15, -0.1) is 0 Å². The first-order chi connectivity index (χ1) is 10.9. The van der Waals surface area contributed by atoms with Crippen LogP contribution < -0.4 is 5.32 Å². The van der Waals surface area contributed by atoms with Gasteiger partial charge in [-0.05, 0) is 38.7 Å². The van der Waals surface area contributed by atoms with E-state index in [2.05, 4.69) is 12.2 Å². The van der Waals surface area contributed by atoms with Crippen LogP contribution >= 0.6 is 0 Å². The zero-order valence-electron chi connectivity index (χ0n) is 14.5. The predicted octanol–water partition coefficient (Wildman–Crippen LogP) is 2.77. The number of nitrogens with one attached hydrogen (secondary N) is 1. The Morgan fingerprint density at radius 1 is 1.26 bits per heavy atom. The van der Waals surface area contributed by atoms with Gasteiger partial charge in [-0.3, -0.25) is 9.59 Å². The third kappa shape index (κ3) is 5.08. The molecule has 126 valence electrons. The number of amides is 2. The smallest absolute Gasteiger partial charge is 0.227 e. The van der Waals surface area contributed by atoms with Crippen molar-refractivity contribution in [3.8, 4) is 0 Å². The van der Waals surface area contributed by atoms with Gasteiger partial charge in [-0.2, -0.15) is 0 Å². The summed E-state index contributed by atoms with van der Waals surface area (Å²) in [6.45, 7) is 7.43. The molecule has 1 saturated heterocycles. The molecule has 1 fully saturated rings. The molecular weight excluding hydrogens is 288 g/mol. The van der Waals surface area contributed by atoms with Gasteiger partial charge < -0.3 is 10.2 Å². The van der Waals surface area contributed by atoms with Crippen molar-refractivity contribution >= 4 is 11.8 Å². The van der Waals surface area contributed by atoms with Gasteiger partial charge in [-0.25, -0.2) is 0 Å². The highest BCUT2D eigenvalue weighted by molar-refractivity contribution is 5.82. The van der Waals surface area contributed by atoms with E-state index in [0.717, 1.165) is 31.4 Å². The Labute approximate surface area is 139 Å². The number of piperidine rings is 1. The standard InChI is InChI=1S/C19H28N2O2/c1-4-19(2,3)20-18(23)16-11-8-12-21(14-16)17(22)13-15-9-6-5-7-10-15/h5-7,9-10,16H,4,8,11-14H2,1-3H3,(H,20,23). The van der Waals surface area contributed by atoms with E-state index in [4.69, 9.17) is 0 Å². The maximum atomic E-state index is 12.5. The van der Waals surface area contributed by atoms with Crippen LogP contribution in [0.25, 0.3) is 0 Å². The molecule has 1 N–H and O–H groups in total. The number of carbonyl (C=O) groups excluding carboxylic acids is 2. The average Bonchev–Trinajstić information content (AvgIpc) is 2.55. The van der Waals surface area contributed by atoms with Gasteiger partial charge in [-0.1, -0.05) is 37.3 Å². The molecule has 1 atom stereocenters. The zero-order chi connectivity index (χ0) is 16.9. The van der Waals surface area contributed by atoms with Crippen LogP contribution in [0.1, 0.15) is 45.6 Å². The van der Waals surface area contributed by atoms with E-state index in [0.29, 0.717) is 13.0 Å². The zero-order valence-corrected chi connectivity index (χ0v) is 14.5. The van der Waals surface area contributed by atoms with E-state index in [9.17, 15) is 9.59 Å². The Balaban J connectivity index is 1.92. The van der Waals surface area contributed by atoms with Crippen molar-refractivity contribution in [2.75, 3.05) is 13.1 Å². The molecule has 0 aromatic heterocycles. The van der Waals surface area contributed by atoms with Gasteiger partial charge in [0.25, 0.3) is 0 Å². The summed E-state index contributed by atoms with van der Waals surface area (Å²) in [6.07, 6.45) is 3.06. The number of benzene rings is 1. The molecule has 23 heavy (non-hydrogen) atoms. The molecule has 0 spiro atoms. The molecule has 1 aliphatic rings. The Morgan fingerprint density at radius 3 is 2.61 bits per heavy atom. The molecule has 4 nitrogen and oxygen atoms in total. The fraction of sp³-hybridized carbons (Fsp3) is 0.579. The lowest BCUT2D eigenvalue weighted by Gasteiger charge is -2.34. The van der Waals surface area contributed by atoms with Gasteiger partial charge in [0.15, 0.2) is 0 Å². The van der Waals surface area contributed by atoms with Crippen molar-refractivity contribution in [3.63, 3.8) is 0 Å². The third-order valence-corrected chi connectivity index (χ3v) is 4.69. The highest BCUT2D eigenvalue weighted by Gasteiger charge is 2.30. The summed E-state index contributed by atoms with van der Waals surface area (Å²) in [5.41, 5.74) is 0.837. The van der Waals surface area contributed by atoms with E-state index < -0.39 is 0 Å². The maximum absolute atomic E-state index is 12.5. The van der Waals surface area contributed by atoms with Crippen LogP contribution in [0.2, 0.25) is 0 Å². The summed E-state index contributed by atoms with van der Waals surface area (Å²) in [5, 5.41) is 3.11. The molecular formula is C19H28N2O2. The van der Waals surface area contributed by atoms with E-state index in [1.807, 2.05) is 49.1 Å².